The number of likely N-dealkylation sites (N-methyl/N-ethyl adjacent to an activating group) is 1. The summed E-state index contributed by atoms with van der Waals surface area (Å²) in [6.07, 6.45) is 2.28. The Morgan fingerprint density at radius 3 is 2.70 bits per heavy atom. The van der Waals surface area contributed by atoms with Crippen molar-refractivity contribution < 1.29 is 14.3 Å². The number of hydrogen-bond donors (Lipinski definition) is 4. The molecule has 0 aliphatic carbocycles. The van der Waals surface area contributed by atoms with E-state index in [1.165, 1.54) is 0 Å². The fraction of sp³-hybridized carbons (Fsp3) is 0.476. The Balaban J connectivity index is 1.54. The molecule has 1 aromatic carbocycles. The Hall–Kier alpha value is -2.91. The van der Waals surface area contributed by atoms with Gasteiger partial charge in [-0.05, 0) is 25.5 Å². The molecular formula is C21H30N6O3. The predicted molar refractivity (Wildman–Crippen MR) is 115 cm³/mol. The van der Waals surface area contributed by atoms with Crippen molar-refractivity contribution in [2.45, 2.75) is 31.3 Å². The molecule has 0 saturated carbocycles. The van der Waals surface area contributed by atoms with Crippen LogP contribution in [0.25, 0.3) is 11.1 Å². The van der Waals surface area contributed by atoms with Crippen LogP contribution < -0.4 is 16.4 Å². The molecule has 30 heavy (non-hydrogen) atoms. The molecule has 162 valence electrons. The van der Waals surface area contributed by atoms with Crippen molar-refractivity contribution in [2.75, 3.05) is 39.6 Å². The van der Waals surface area contributed by atoms with E-state index in [1.54, 1.807) is 7.11 Å². The van der Waals surface area contributed by atoms with Crippen LogP contribution >= 0.6 is 0 Å². The molecule has 2 amide bonds. The summed E-state index contributed by atoms with van der Waals surface area (Å²) in [7, 11) is 3.61. The number of nitrogens with one attached hydrogen (secondary N) is 3. The monoisotopic (exact) mass is 414 g/mol. The minimum Gasteiger partial charge on any atom is -0.383 e. The van der Waals surface area contributed by atoms with E-state index in [1.807, 2.05) is 37.4 Å². The van der Waals surface area contributed by atoms with E-state index in [4.69, 9.17) is 10.5 Å². The molecule has 0 radical (unpaired) electrons. The van der Waals surface area contributed by atoms with Crippen LogP contribution in [0.2, 0.25) is 0 Å². The molecule has 5 N–H and O–H groups in total. The molecule has 9 heteroatoms. The van der Waals surface area contributed by atoms with Crippen molar-refractivity contribution in [1.82, 2.24) is 25.7 Å². The van der Waals surface area contributed by atoms with Gasteiger partial charge in [-0.15, -0.1) is 0 Å². The summed E-state index contributed by atoms with van der Waals surface area (Å²) in [5.74, 6) is 0.0742. The number of nitrogen functional groups attached to an aromatic ring is 1. The largest absolute Gasteiger partial charge is 0.383 e. The van der Waals surface area contributed by atoms with Crippen molar-refractivity contribution in [3.63, 3.8) is 0 Å². The summed E-state index contributed by atoms with van der Waals surface area (Å²) >= 11 is 0. The van der Waals surface area contributed by atoms with Gasteiger partial charge in [-0.2, -0.15) is 5.10 Å². The molecule has 1 aliphatic heterocycles. The maximum atomic E-state index is 12.8. The summed E-state index contributed by atoms with van der Waals surface area (Å²) in [6.45, 7) is 1.51. The second-order valence-corrected chi connectivity index (χ2v) is 7.53. The molecular weight excluding hydrogens is 384 g/mol. The third-order valence-corrected chi connectivity index (χ3v) is 5.62. The summed E-state index contributed by atoms with van der Waals surface area (Å²) in [5, 5.41) is 12.6. The minimum absolute atomic E-state index is 0.0222. The number of aromatic nitrogens is 2. The second-order valence-electron chi connectivity index (χ2n) is 7.53. The number of anilines is 1. The number of benzene rings is 1. The van der Waals surface area contributed by atoms with E-state index in [2.05, 4.69) is 25.7 Å². The smallest absolute Gasteiger partial charge is 0.270 e. The van der Waals surface area contributed by atoms with Gasteiger partial charge < -0.3 is 21.1 Å². The Labute approximate surface area is 176 Å². The highest BCUT2D eigenvalue weighted by Crippen LogP contribution is 2.28. The third-order valence-electron chi connectivity index (χ3n) is 5.62. The lowest BCUT2D eigenvalue weighted by Crippen LogP contribution is -2.42. The molecule has 2 aromatic rings. The molecule has 0 spiro atoms. The number of nitrogens with zero attached hydrogens (tertiary/aromatic N) is 2. The van der Waals surface area contributed by atoms with Crippen LogP contribution in [0.4, 0.5) is 5.82 Å². The molecule has 3 rings (SSSR count). The first kappa shape index (κ1) is 21.8. The van der Waals surface area contributed by atoms with E-state index in [0.717, 1.165) is 18.4 Å². The summed E-state index contributed by atoms with van der Waals surface area (Å²) in [6, 6.07) is 9.81. The zero-order valence-electron chi connectivity index (χ0n) is 17.5. The van der Waals surface area contributed by atoms with Gasteiger partial charge in [0.25, 0.3) is 5.91 Å². The molecule has 2 atom stereocenters. The van der Waals surface area contributed by atoms with E-state index < -0.39 is 0 Å². The molecule has 1 aliphatic rings. The summed E-state index contributed by atoms with van der Waals surface area (Å²) in [4.78, 5) is 27.0. The van der Waals surface area contributed by atoms with Gasteiger partial charge >= 0.3 is 0 Å². The van der Waals surface area contributed by atoms with Crippen LogP contribution in [0.3, 0.4) is 0 Å². The Bertz CT molecular complexity index is 854. The minimum atomic E-state index is -0.243. The molecule has 1 fully saturated rings. The number of methoxy groups -OCH3 is 1. The van der Waals surface area contributed by atoms with Crippen molar-refractivity contribution in [3.8, 4) is 11.1 Å². The number of ether oxygens (including phenoxy) is 1. The maximum Gasteiger partial charge on any atom is 0.270 e. The topological polar surface area (TPSA) is 125 Å². The van der Waals surface area contributed by atoms with Gasteiger partial charge in [0, 0.05) is 38.7 Å². The standard InChI is InChI=1S/C21H30N6O3/c1-27-15(12-17(28)23-10-11-30-2)8-9-16(27)13-24-21(29)19-18(20(22)26-25-19)14-6-4-3-5-7-14/h3-7,15-16H,8-13H2,1-2H3,(H,23,28)(H,24,29)(H3,22,25,26)/t15-,16+/m1/s1. The van der Waals surface area contributed by atoms with E-state index in [-0.39, 0.29) is 23.9 Å². The van der Waals surface area contributed by atoms with E-state index in [0.29, 0.717) is 43.2 Å². The highest BCUT2D eigenvalue weighted by atomic mass is 16.5. The molecule has 0 unspecified atom stereocenters. The van der Waals surface area contributed by atoms with E-state index in [9.17, 15) is 9.59 Å². The van der Waals surface area contributed by atoms with Crippen LogP contribution in [0, 0.1) is 0 Å². The fourth-order valence-corrected chi connectivity index (χ4v) is 3.88. The lowest BCUT2D eigenvalue weighted by molar-refractivity contribution is -0.122. The number of carbonyl (C=O) groups excluding carboxylic acids is 2. The van der Waals surface area contributed by atoms with Gasteiger partial charge in [0.1, 0.15) is 5.69 Å². The molecule has 0 bridgehead atoms. The number of rotatable bonds is 9. The van der Waals surface area contributed by atoms with Crippen LogP contribution in [0.5, 0.6) is 0 Å². The van der Waals surface area contributed by atoms with Crippen molar-refractivity contribution >= 4 is 17.6 Å². The highest BCUT2D eigenvalue weighted by Gasteiger charge is 2.32. The van der Waals surface area contributed by atoms with Crippen molar-refractivity contribution in [3.05, 3.63) is 36.0 Å². The average Bonchev–Trinajstić information content (AvgIpc) is 3.30. The second kappa shape index (κ2) is 10.2. The van der Waals surface area contributed by atoms with Gasteiger partial charge in [0.2, 0.25) is 5.91 Å². The molecule has 9 nitrogen and oxygen atoms in total. The average molecular weight is 415 g/mol. The zero-order chi connectivity index (χ0) is 21.5. The summed E-state index contributed by atoms with van der Waals surface area (Å²) in [5.41, 5.74) is 7.79. The Morgan fingerprint density at radius 1 is 1.23 bits per heavy atom. The Morgan fingerprint density at radius 2 is 1.97 bits per heavy atom. The summed E-state index contributed by atoms with van der Waals surface area (Å²) < 4.78 is 4.95. The van der Waals surface area contributed by atoms with Crippen LogP contribution in [0.1, 0.15) is 29.8 Å². The Kier molecular flexibility index (Phi) is 7.42. The lowest BCUT2D eigenvalue weighted by atomic mass is 10.1. The normalized spacial score (nSPS) is 19.0. The number of carbonyl (C=O) groups is 2. The van der Waals surface area contributed by atoms with Crippen molar-refractivity contribution in [1.29, 1.82) is 0 Å². The van der Waals surface area contributed by atoms with Crippen LogP contribution in [-0.4, -0.2) is 72.8 Å². The van der Waals surface area contributed by atoms with Crippen LogP contribution in [0.15, 0.2) is 30.3 Å². The quantitative estimate of drug-likeness (QED) is 0.454. The zero-order valence-corrected chi connectivity index (χ0v) is 17.5. The number of hydrogen-bond acceptors (Lipinski definition) is 6. The number of aromatic amines is 1. The van der Waals surface area contributed by atoms with Gasteiger partial charge in [0.15, 0.2) is 5.82 Å². The van der Waals surface area contributed by atoms with Crippen LogP contribution in [-0.2, 0) is 9.53 Å². The number of likely N-dealkylation sites (tertiary alicyclic amines) is 1. The lowest BCUT2D eigenvalue weighted by Gasteiger charge is -2.25. The highest BCUT2D eigenvalue weighted by molar-refractivity contribution is 6.01. The predicted octanol–water partition coefficient (Wildman–Crippen LogP) is 1.00. The van der Waals surface area contributed by atoms with E-state index >= 15 is 0 Å². The first-order valence-corrected chi connectivity index (χ1v) is 10.2. The SMILES string of the molecule is COCCNC(=O)C[C@H]1CC[C@@H](CNC(=O)c2[nH]nc(N)c2-c2ccccc2)N1C. The van der Waals surface area contributed by atoms with Gasteiger partial charge in [-0.3, -0.25) is 19.6 Å². The maximum absolute atomic E-state index is 12.8. The molecule has 1 saturated heterocycles. The molecule has 2 heterocycles. The first-order valence-electron chi connectivity index (χ1n) is 10.2. The van der Waals surface area contributed by atoms with Gasteiger partial charge in [-0.1, -0.05) is 30.3 Å². The molecule has 1 aromatic heterocycles. The van der Waals surface area contributed by atoms with Gasteiger partial charge in [0.05, 0.1) is 12.2 Å². The number of amides is 2. The van der Waals surface area contributed by atoms with Gasteiger partial charge in [-0.25, -0.2) is 0 Å². The fourth-order valence-electron chi connectivity index (χ4n) is 3.88. The number of H-pyrrole nitrogens is 1. The number of nitrogens with two attached hydrogens (primary N) is 1. The third kappa shape index (κ3) is 5.17. The van der Waals surface area contributed by atoms with Crippen molar-refractivity contribution in [2.24, 2.45) is 0 Å². The first-order chi connectivity index (χ1) is 14.5.